The van der Waals surface area contributed by atoms with Crippen LogP contribution in [0.1, 0.15) is 37.2 Å². The topological polar surface area (TPSA) is 35.6 Å². The summed E-state index contributed by atoms with van der Waals surface area (Å²) >= 11 is 1.72. The molecule has 3 heterocycles. The second kappa shape index (κ2) is 5.84. The van der Waals surface area contributed by atoms with Crippen LogP contribution in [-0.4, -0.2) is 47.9 Å². The van der Waals surface area contributed by atoms with Crippen LogP contribution in [0.3, 0.4) is 0 Å². The highest BCUT2D eigenvalue weighted by atomic mass is 32.1. The molecule has 4 nitrogen and oxygen atoms in total. The van der Waals surface area contributed by atoms with E-state index in [1.807, 2.05) is 11.8 Å². The van der Waals surface area contributed by atoms with E-state index in [2.05, 4.69) is 34.8 Å². The first kappa shape index (κ1) is 14.0. The van der Waals surface area contributed by atoms with Crippen LogP contribution in [0.25, 0.3) is 0 Å². The van der Waals surface area contributed by atoms with Crippen molar-refractivity contribution < 1.29 is 4.79 Å². The molecule has 110 valence electrons. The van der Waals surface area contributed by atoms with Crippen LogP contribution < -0.4 is 5.32 Å². The number of piperidine rings is 1. The van der Waals surface area contributed by atoms with Gasteiger partial charge in [0.1, 0.15) is 6.17 Å². The SMILES string of the molecule is CC1NC(c2cccs2)N(CC2CCCCN2C)C1=O. The van der Waals surface area contributed by atoms with Crippen molar-refractivity contribution in [1.82, 2.24) is 15.1 Å². The Morgan fingerprint density at radius 3 is 3.00 bits per heavy atom. The molecule has 0 spiro atoms. The average Bonchev–Trinajstić information content (AvgIpc) is 3.05. The molecule has 3 atom stereocenters. The molecule has 2 fully saturated rings. The van der Waals surface area contributed by atoms with Gasteiger partial charge in [0.2, 0.25) is 5.91 Å². The third-order valence-electron chi connectivity index (χ3n) is 4.51. The van der Waals surface area contributed by atoms with Gasteiger partial charge in [-0.1, -0.05) is 12.5 Å². The molecule has 3 unspecified atom stereocenters. The number of likely N-dealkylation sites (N-methyl/N-ethyl adjacent to an activating group) is 1. The molecule has 5 heteroatoms. The number of carbonyl (C=O) groups excluding carboxylic acids is 1. The molecule has 3 rings (SSSR count). The molecule has 1 amide bonds. The zero-order valence-corrected chi connectivity index (χ0v) is 13.0. The van der Waals surface area contributed by atoms with E-state index in [4.69, 9.17) is 0 Å². The largest absolute Gasteiger partial charge is 0.319 e. The predicted octanol–water partition coefficient (Wildman–Crippen LogP) is 2.05. The highest BCUT2D eigenvalue weighted by Crippen LogP contribution is 2.30. The van der Waals surface area contributed by atoms with Gasteiger partial charge in [-0.2, -0.15) is 0 Å². The lowest BCUT2D eigenvalue weighted by Crippen LogP contribution is -2.46. The number of nitrogens with zero attached hydrogens (tertiary/aromatic N) is 2. The third-order valence-corrected chi connectivity index (χ3v) is 5.44. The van der Waals surface area contributed by atoms with Crippen LogP contribution in [-0.2, 0) is 4.79 Å². The molecule has 0 saturated carbocycles. The summed E-state index contributed by atoms with van der Waals surface area (Å²) in [5.41, 5.74) is 0. The number of carbonyl (C=O) groups is 1. The van der Waals surface area contributed by atoms with E-state index in [1.54, 1.807) is 11.3 Å². The molecule has 0 radical (unpaired) electrons. The Balaban J connectivity index is 1.76. The van der Waals surface area contributed by atoms with Crippen LogP contribution in [0.15, 0.2) is 17.5 Å². The number of hydrogen-bond acceptors (Lipinski definition) is 4. The minimum atomic E-state index is -0.0732. The van der Waals surface area contributed by atoms with Crippen molar-refractivity contribution in [2.45, 2.75) is 44.4 Å². The van der Waals surface area contributed by atoms with Gasteiger partial charge in [-0.15, -0.1) is 11.3 Å². The van der Waals surface area contributed by atoms with Gasteiger partial charge >= 0.3 is 0 Å². The summed E-state index contributed by atoms with van der Waals surface area (Å²) in [5.74, 6) is 0.238. The Morgan fingerprint density at radius 1 is 1.45 bits per heavy atom. The molecule has 0 aliphatic carbocycles. The van der Waals surface area contributed by atoms with Gasteiger partial charge in [0.05, 0.1) is 6.04 Å². The minimum absolute atomic E-state index is 0.0628. The molecule has 1 aromatic rings. The second-order valence-electron chi connectivity index (χ2n) is 5.93. The van der Waals surface area contributed by atoms with Crippen LogP contribution in [0.4, 0.5) is 0 Å². The van der Waals surface area contributed by atoms with Crippen molar-refractivity contribution >= 4 is 17.2 Å². The van der Waals surface area contributed by atoms with Crippen LogP contribution in [0, 0.1) is 0 Å². The van der Waals surface area contributed by atoms with Crippen molar-refractivity contribution in [3.05, 3.63) is 22.4 Å². The van der Waals surface area contributed by atoms with E-state index in [1.165, 1.54) is 24.1 Å². The maximum absolute atomic E-state index is 12.4. The van der Waals surface area contributed by atoms with Crippen LogP contribution >= 0.6 is 11.3 Å². The van der Waals surface area contributed by atoms with Gasteiger partial charge in [-0.05, 0) is 44.8 Å². The second-order valence-corrected chi connectivity index (χ2v) is 6.91. The summed E-state index contributed by atoms with van der Waals surface area (Å²) in [7, 11) is 2.18. The van der Waals surface area contributed by atoms with Gasteiger partial charge < -0.3 is 9.80 Å². The Bertz CT molecular complexity index is 462. The Kier molecular flexibility index (Phi) is 4.10. The first-order valence-corrected chi connectivity index (χ1v) is 8.35. The number of amides is 1. The molecule has 2 aliphatic rings. The van der Waals surface area contributed by atoms with Crippen LogP contribution in [0.5, 0.6) is 0 Å². The Labute approximate surface area is 124 Å². The summed E-state index contributed by atoms with van der Waals surface area (Å²) in [5, 5.41) is 5.51. The number of rotatable bonds is 3. The first-order chi connectivity index (χ1) is 9.66. The Hall–Kier alpha value is -0.910. The smallest absolute Gasteiger partial charge is 0.241 e. The minimum Gasteiger partial charge on any atom is -0.319 e. The zero-order valence-electron chi connectivity index (χ0n) is 12.2. The molecule has 2 aliphatic heterocycles. The lowest BCUT2D eigenvalue weighted by atomic mass is 10.0. The fourth-order valence-corrected chi connectivity index (χ4v) is 4.05. The number of thiophene rings is 1. The summed E-state index contributed by atoms with van der Waals surface area (Å²) in [6.07, 6.45) is 3.83. The monoisotopic (exact) mass is 293 g/mol. The summed E-state index contributed by atoms with van der Waals surface area (Å²) in [6.45, 7) is 3.96. The maximum atomic E-state index is 12.4. The van der Waals surface area contributed by atoms with Gasteiger partial charge in [-0.25, -0.2) is 0 Å². The first-order valence-electron chi connectivity index (χ1n) is 7.47. The van der Waals surface area contributed by atoms with E-state index < -0.39 is 0 Å². The molecule has 0 bridgehead atoms. The van der Waals surface area contributed by atoms with E-state index in [0.29, 0.717) is 6.04 Å². The Morgan fingerprint density at radius 2 is 2.30 bits per heavy atom. The highest BCUT2D eigenvalue weighted by Gasteiger charge is 2.39. The van der Waals surface area contributed by atoms with E-state index in [9.17, 15) is 4.79 Å². The molecule has 1 aromatic heterocycles. The van der Waals surface area contributed by atoms with Gasteiger partial charge in [-0.3, -0.25) is 10.1 Å². The summed E-state index contributed by atoms with van der Waals surface area (Å²) in [6, 6.07) is 4.60. The molecule has 0 aromatic carbocycles. The standard InChI is InChI=1S/C15H23N3OS/c1-11-15(19)18(10-12-6-3-4-8-17(12)2)14(16-11)13-7-5-9-20-13/h5,7,9,11-12,14,16H,3-4,6,8,10H2,1-2H3. The number of likely N-dealkylation sites (tertiary alicyclic amines) is 1. The molecular formula is C15H23N3OS. The van der Waals surface area contributed by atoms with Crippen molar-refractivity contribution in [1.29, 1.82) is 0 Å². The van der Waals surface area contributed by atoms with Crippen molar-refractivity contribution in [2.75, 3.05) is 20.1 Å². The van der Waals surface area contributed by atoms with Gasteiger partial charge in [0.15, 0.2) is 0 Å². The van der Waals surface area contributed by atoms with E-state index in [0.717, 1.165) is 13.1 Å². The summed E-state index contributed by atoms with van der Waals surface area (Å²) < 4.78 is 0. The van der Waals surface area contributed by atoms with Gasteiger partial charge in [0, 0.05) is 17.5 Å². The van der Waals surface area contributed by atoms with E-state index >= 15 is 0 Å². The van der Waals surface area contributed by atoms with Crippen molar-refractivity contribution in [3.8, 4) is 0 Å². The lowest BCUT2D eigenvalue weighted by molar-refractivity contribution is -0.130. The zero-order chi connectivity index (χ0) is 14.1. The quantitative estimate of drug-likeness (QED) is 0.926. The molecular weight excluding hydrogens is 270 g/mol. The fraction of sp³-hybridized carbons (Fsp3) is 0.667. The fourth-order valence-electron chi connectivity index (χ4n) is 3.25. The third kappa shape index (κ3) is 2.62. The van der Waals surface area contributed by atoms with Crippen LogP contribution in [0.2, 0.25) is 0 Å². The van der Waals surface area contributed by atoms with Crippen molar-refractivity contribution in [3.63, 3.8) is 0 Å². The molecule has 2 saturated heterocycles. The maximum Gasteiger partial charge on any atom is 0.241 e. The molecule has 20 heavy (non-hydrogen) atoms. The number of hydrogen-bond donors (Lipinski definition) is 1. The summed E-state index contributed by atoms with van der Waals surface area (Å²) in [4.78, 5) is 18.1. The number of nitrogens with one attached hydrogen (secondary N) is 1. The molecule has 1 N–H and O–H groups in total. The highest BCUT2D eigenvalue weighted by molar-refractivity contribution is 7.10. The van der Waals surface area contributed by atoms with Crippen molar-refractivity contribution in [2.24, 2.45) is 0 Å². The lowest BCUT2D eigenvalue weighted by Gasteiger charge is -2.36. The van der Waals surface area contributed by atoms with E-state index in [-0.39, 0.29) is 18.1 Å². The average molecular weight is 293 g/mol. The predicted molar refractivity (Wildman–Crippen MR) is 81.6 cm³/mol. The normalized spacial score (nSPS) is 32.0. The van der Waals surface area contributed by atoms with Gasteiger partial charge in [0.25, 0.3) is 0 Å².